The van der Waals surface area contributed by atoms with E-state index >= 15 is 0 Å². The topological polar surface area (TPSA) is 95.9 Å². The highest BCUT2D eigenvalue weighted by Gasteiger charge is 2.20. The standard InChI is InChI=1S/C58H115NO5/c1-3-5-7-9-11-13-15-17-19-20-21-22-23-26-30-34-38-42-46-50-56(61)55(54-60)59-57(62)51-47-43-39-35-31-27-24-25-29-33-37-41-45-49-53-64-58(63)52-48-44-40-36-32-28-18-16-14-12-10-8-6-4-2/h55-56,60-61H,3-54H2,1-2H3,(H,59,62). The molecule has 0 bridgehead atoms. The number of aliphatic hydroxyl groups is 2. The van der Waals surface area contributed by atoms with Gasteiger partial charge in [-0.15, -0.1) is 0 Å². The van der Waals surface area contributed by atoms with Gasteiger partial charge in [-0.25, -0.2) is 0 Å². The van der Waals surface area contributed by atoms with Crippen molar-refractivity contribution < 1.29 is 24.5 Å². The molecule has 0 aromatic rings. The number of unbranched alkanes of at least 4 members (excludes halogenated alkanes) is 44. The average molecular weight is 907 g/mol. The molecule has 0 aliphatic rings. The SMILES string of the molecule is CCCCCCCCCCCCCCCCCCCCCC(O)C(CO)NC(=O)CCCCCCCCCCCCCCCCOC(=O)CCCCCCCCCCCCCCCC. The van der Waals surface area contributed by atoms with Gasteiger partial charge in [-0.1, -0.05) is 296 Å². The second-order valence-electron chi connectivity index (χ2n) is 20.3. The molecule has 0 aromatic carbocycles. The minimum Gasteiger partial charge on any atom is -0.466 e. The quantitative estimate of drug-likeness (QED) is 0.0417. The van der Waals surface area contributed by atoms with E-state index in [-0.39, 0.29) is 18.5 Å². The Morgan fingerprint density at radius 1 is 0.375 bits per heavy atom. The first-order valence-corrected chi connectivity index (χ1v) is 29.3. The second-order valence-corrected chi connectivity index (χ2v) is 20.3. The first-order chi connectivity index (χ1) is 31.5. The van der Waals surface area contributed by atoms with Crippen LogP contribution in [0.4, 0.5) is 0 Å². The Kier molecular flexibility index (Phi) is 53.5. The molecule has 0 rings (SSSR count). The monoisotopic (exact) mass is 906 g/mol. The van der Waals surface area contributed by atoms with Gasteiger partial charge >= 0.3 is 5.97 Å². The van der Waals surface area contributed by atoms with Crippen LogP contribution in [0.5, 0.6) is 0 Å². The molecule has 64 heavy (non-hydrogen) atoms. The van der Waals surface area contributed by atoms with Crippen LogP contribution in [-0.4, -0.2) is 47.4 Å². The van der Waals surface area contributed by atoms with Crippen LogP contribution >= 0.6 is 0 Å². The fourth-order valence-corrected chi connectivity index (χ4v) is 9.41. The van der Waals surface area contributed by atoms with Gasteiger partial charge in [0.1, 0.15) is 0 Å². The molecule has 2 unspecified atom stereocenters. The molecule has 0 aliphatic carbocycles. The number of hydrogen-bond donors (Lipinski definition) is 3. The summed E-state index contributed by atoms with van der Waals surface area (Å²) in [6.45, 7) is 4.96. The van der Waals surface area contributed by atoms with E-state index in [1.54, 1.807) is 0 Å². The Balaban J connectivity index is 3.42. The van der Waals surface area contributed by atoms with Gasteiger partial charge in [0.2, 0.25) is 5.91 Å². The van der Waals surface area contributed by atoms with E-state index in [9.17, 15) is 19.8 Å². The molecule has 3 N–H and O–H groups in total. The highest BCUT2D eigenvalue weighted by Crippen LogP contribution is 2.18. The van der Waals surface area contributed by atoms with Crippen molar-refractivity contribution in [1.82, 2.24) is 5.32 Å². The van der Waals surface area contributed by atoms with Crippen LogP contribution in [-0.2, 0) is 14.3 Å². The number of nitrogens with one attached hydrogen (secondary N) is 1. The highest BCUT2D eigenvalue weighted by atomic mass is 16.5. The lowest BCUT2D eigenvalue weighted by Gasteiger charge is -2.22. The van der Waals surface area contributed by atoms with Crippen molar-refractivity contribution >= 4 is 11.9 Å². The Morgan fingerprint density at radius 2 is 0.641 bits per heavy atom. The third-order valence-corrected chi connectivity index (χ3v) is 13.9. The Labute approximate surface area is 400 Å². The van der Waals surface area contributed by atoms with Crippen molar-refractivity contribution in [3.8, 4) is 0 Å². The molecule has 0 saturated carbocycles. The summed E-state index contributed by atoms with van der Waals surface area (Å²) in [5.74, 6) is -0.0401. The number of amides is 1. The third-order valence-electron chi connectivity index (χ3n) is 13.9. The van der Waals surface area contributed by atoms with Crippen molar-refractivity contribution in [2.75, 3.05) is 13.2 Å². The fraction of sp³-hybridized carbons (Fsp3) is 0.966. The molecule has 0 saturated heterocycles. The summed E-state index contributed by atoms with van der Waals surface area (Å²) in [6, 6.07) is -0.548. The summed E-state index contributed by atoms with van der Waals surface area (Å²) >= 11 is 0. The Hall–Kier alpha value is -1.14. The molecule has 0 spiro atoms. The predicted octanol–water partition coefficient (Wildman–Crippen LogP) is 17.9. The van der Waals surface area contributed by atoms with Gasteiger partial charge in [0.25, 0.3) is 0 Å². The van der Waals surface area contributed by atoms with Gasteiger partial charge in [0.15, 0.2) is 0 Å². The lowest BCUT2D eigenvalue weighted by Crippen LogP contribution is -2.45. The van der Waals surface area contributed by atoms with Crippen LogP contribution < -0.4 is 5.32 Å². The molecule has 0 aromatic heterocycles. The fourth-order valence-electron chi connectivity index (χ4n) is 9.41. The van der Waals surface area contributed by atoms with E-state index in [2.05, 4.69) is 19.2 Å². The summed E-state index contributed by atoms with van der Waals surface area (Å²) in [5, 5.41) is 23.3. The van der Waals surface area contributed by atoms with Crippen LogP contribution in [0.2, 0.25) is 0 Å². The predicted molar refractivity (Wildman–Crippen MR) is 278 cm³/mol. The second kappa shape index (κ2) is 54.5. The van der Waals surface area contributed by atoms with Crippen LogP contribution in [0.3, 0.4) is 0 Å². The van der Waals surface area contributed by atoms with Gasteiger partial charge in [-0.3, -0.25) is 9.59 Å². The number of carbonyl (C=O) groups is 2. The molecule has 0 heterocycles. The van der Waals surface area contributed by atoms with Gasteiger partial charge in [0.05, 0.1) is 25.4 Å². The molecule has 6 heteroatoms. The Bertz CT molecular complexity index is 913. The van der Waals surface area contributed by atoms with Crippen LogP contribution in [0, 0.1) is 0 Å². The Morgan fingerprint density at radius 3 is 0.953 bits per heavy atom. The van der Waals surface area contributed by atoms with Crippen LogP contribution in [0.15, 0.2) is 0 Å². The van der Waals surface area contributed by atoms with E-state index in [0.29, 0.717) is 25.9 Å². The van der Waals surface area contributed by atoms with Crippen molar-refractivity contribution in [2.45, 2.75) is 347 Å². The first-order valence-electron chi connectivity index (χ1n) is 29.3. The summed E-state index contributed by atoms with van der Waals surface area (Å²) in [7, 11) is 0. The maximum Gasteiger partial charge on any atom is 0.305 e. The van der Waals surface area contributed by atoms with Crippen LogP contribution in [0.1, 0.15) is 335 Å². The molecule has 382 valence electrons. The maximum absolute atomic E-state index is 12.5. The molecular weight excluding hydrogens is 791 g/mol. The van der Waals surface area contributed by atoms with E-state index in [0.717, 1.165) is 51.4 Å². The highest BCUT2D eigenvalue weighted by molar-refractivity contribution is 5.76. The smallest absolute Gasteiger partial charge is 0.305 e. The molecular formula is C58H115NO5. The molecule has 6 nitrogen and oxygen atoms in total. The zero-order valence-corrected chi connectivity index (χ0v) is 43.5. The number of esters is 1. The van der Waals surface area contributed by atoms with Crippen LogP contribution in [0.25, 0.3) is 0 Å². The minimum absolute atomic E-state index is 0.00135. The summed E-state index contributed by atoms with van der Waals surface area (Å²) in [6.07, 6.45) is 62.3. The van der Waals surface area contributed by atoms with Gasteiger partial charge in [-0.2, -0.15) is 0 Å². The maximum atomic E-state index is 12.5. The normalized spacial score (nSPS) is 12.5. The van der Waals surface area contributed by atoms with E-state index in [1.165, 1.54) is 250 Å². The summed E-state index contributed by atoms with van der Waals surface area (Å²) < 4.78 is 5.47. The molecule has 2 atom stereocenters. The van der Waals surface area contributed by atoms with E-state index in [1.807, 2.05) is 0 Å². The average Bonchev–Trinajstić information content (AvgIpc) is 3.29. The number of ether oxygens (including phenoxy) is 1. The van der Waals surface area contributed by atoms with E-state index in [4.69, 9.17) is 4.74 Å². The number of hydrogen-bond acceptors (Lipinski definition) is 5. The van der Waals surface area contributed by atoms with E-state index < -0.39 is 12.1 Å². The molecule has 0 aliphatic heterocycles. The van der Waals surface area contributed by atoms with Gasteiger partial charge in [-0.05, 0) is 25.7 Å². The minimum atomic E-state index is -0.670. The number of rotatable bonds is 55. The molecule has 0 radical (unpaired) electrons. The molecule has 0 fully saturated rings. The lowest BCUT2D eigenvalue weighted by molar-refractivity contribution is -0.143. The van der Waals surface area contributed by atoms with Gasteiger partial charge in [0, 0.05) is 12.8 Å². The summed E-state index contributed by atoms with van der Waals surface area (Å²) in [4.78, 5) is 24.5. The number of aliphatic hydroxyl groups excluding tert-OH is 2. The zero-order chi connectivity index (χ0) is 46.5. The van der Waals surface area contributed by atoms with Crippen molar-refractivity contribution in [3.63, 3.8) is 0 Å². The van der Waals surface area contributed by atoms with Crippen molar-refractivity contribution in [3.05, 3.63) is 0 Å². The molecule has 1 amide bonds. The van der Waals surface area contributed by atoms with Gasteiger partial charge < -0.3 is 20.3 Å². The van der Waals surface area contributed by atoms with Crippen molar-refractivity contribution in [1.29, 1.82) is 0 Å². The largest absolute Gasteiger partial charge is 0.466 e. The third kappa shape index (κ3) is 50.3. The first kappa shape index (κ1) is 62.9. The van der Waals surface area contributed by atoms with Crippen molar-refractivity contribution in [2.24, 2.45) is 0 Å². The lowest BCUT2D eigenvalue weighted by atomic mass is 10.0. The zero-order valence-electron chi connectivity index (χ0n) is 43.5. The summed E-state index contributed by atoms with van der Waals surface area (Å²) in [5.41, 5.74) is 0. The number of carbonyl (C=O) groups excluding carboxylic acids is 2.